The number of benzene rings is 2. The van der Waals surface area contributed by atoms with Gasteiger partial charge in [-0.25, -0.2) is 4.98 Å². The van der Waals surface area contributed by atoms with E-state index >= 15 is 0 Å². The van der Waals surface area contributed by atoms with E-state index in [0.717, 1.165) is 35.2 Å². The second-order valence-corrected chi connectivity index (χ2v) is 8.38. The highest BCUT2D eigenvalue weighted by Crippen LogP contribution is 2.41. The highest BCUT2D eigenvalue weighted by Gasteiger charge is 2.27. The van der Waals surface area contributed by atoms with Crippen molar-refractivity contribution in [2.75, 3.05) is 18.6 Å². The van der Waals surface area contributed by atoms with E-state index in [2.05, 4.69) is 48.6 Å². The van der Waals surface area contributed by atoms with Crippen molar-refractivity contribution in [2.45, 2.75) is 51.9 Å². The Labute approximate surface area is 178 Å². The predicted molar refractivity (Wildman–Crippen MR) is 122 cm³/mol. The lowest BCUT2D eigenvalue weighted by atomic mass is 9.89. The van der Waals surface area contributed by atoms with E-state index in [1.807, 2.05) is 12.1 Å². The molecule has 0 unspecified atom stereocenters. The largest absolute Gasteiger partial charge is 0.497 e. The molecule has 1 aliphatic rings. The molecule has 1 aliphatic heterocycles. The number of nitrogens with zero attached hydrogens (tertiary/aromatic N) is 3. The van der Waals surface area contributed by atoms with Crippen LogP contribution in [0.15, 0.2) is 30.3 Å². The first-order valence-electron chi connectivity index (χ1n) is 10.7. The average molecular weight is 412 g/mol. The van der Waals surface area contributed by atoms with Crippen LogP contribution in [-0.4, -0.2) is 23.2 Å². The van der Waals surface area contributed by atoms with Crippen LogP contribution < -0.4 is 9.64 Å². The molecule has 3 aromatic rings. The van der Waals surface area contributed by atoms with Crippen LogP contribution >= 0.6 is 11.6 Å². The highest BCUT2D eigenvalue weighted by molar-refractivity contribution is 6.35. The van der Waals surface area contributed by atoms with Crippen LogP contribution in [0, 0.1) is 0 Å². The van der Waals surface area contributed by atoms with Crippen LogP contribution in [0.4, 0.5) is 11.6 Å². The van der Waals surface area contributed by atoms with Crippen molar-refractivity contribution in [2.24, 2.45) is 7.05 Å². The van der Waals surface area contributed by atoms with Crippen LogP contribution in [0.25, 0.3) is 11.0 Å². The summed E-state index contributed by atoms with van der Waals surface area (Å²) in [6, 6.07) is 10.5. The van der Waals surface area contributed by atoms with Gasteiger partial charge in [-0.05, 0) is 60.6 Å². The van der Waals surface area contributed by atoms with Crippen molar-refractivity contribution in [3.63, 3.8) is 0 Å². The van der Waals surface area contributed by atoms with Gasteiger partial charge in [-0.3, -0.25) is 0 Å². The second-order valence-electron chi connectivity index (χ2n) is 7.98. The van der Waals surface area contributed by atoms with Crippen molar-refractivity contribution < 1.29 is 4.74 Å². The molecule has 0 saturated heterocycles. The summed E-state index contributed by atoms with van der Waals surface area (Å²) in [6.45, 7) is 5.44. The fourth-order valence-corrected chi connectivity index (χ4v) is 4.94. The van der Waals surface area contributed by atoms with Gasteiger partial charge in [-0.15, -0.1) is 0 Å². The summed E-state index contributed by atoms with van der Waals surface area (Å²) in [5, 5.41) is 0.728. The third-order valence-corrected chi connectivity index (χ3v) is 6.42. The zero-order valence-corrected chi connectivity index (χ0v) is 18.6. The Hall–Kier alpha value is -2.20. The number of halogens is 1. The number of aromatic nitrogens is 2. The number of rotatable bonds is 7. The Kier molecular flexibility index (Phi) is 5.73. The monoisotopic (exact) mass is 411 g/mol. The number of hydrogen-bond acceptors (Lipinski definition) is 3. The van der Waals surface area contributed by atoms with Gasteiger partial charge in [0.2, 0.25) is 5.95 Å². The van der Waals surface area contributed by atoms with Gasteiger partial charge in [0.05, 0.1) is 17.6 Å². The third kappa shape index (κ3) is 3.48. The van der Waals surface area contributed by atoms with Crippen LogP contribution in [0.2, 0.25) is 5.02 Å². The first kappa shape index (κ1) is 20.1. The molecule has 0 amide bonds. The third-order valence-electron chi connectivity index (χ3n) is 6.12. The molecule has 0 atom stereocenters. The number of fused-ring (bicyclic) bond motifs is 2. The quantitative estimate of drug-likeness (QED) is 0.438. The molecule has 1 aromatic heterocycles. The van der Waals surface area contributed by atoms with E-state index < -0.39 is 0 Å². The fourth-order valence-electron chi connectivity index (χ4n) is 4.74. The Morgan fingerprint density at radius 3 is 2.59 bits per heavy atom. The molecule has 2 heterocycles. The molecule has 2 aromatic carbocycles. The number of hydrogen-bond donors (Lipinski definition) is 0. The van der Waals surface area contributed by atoms with Crippen LogP contribution in [0.1, 0.15) is 56.6 Å². The molecule has 154 valence electrons. The SMILES string of the molecule is CCCC(CCC)c1ccc(Cl)c2nc(N3CCc4cc(OC)ccc43)n(C)c12. The van der Waals surface area contributed by atoms with E-state index in [1.54, 1.807) is 7.11 Å². The minimum atomic E-state index is 0.545. The van der Waals surface area contributed by atoms with Gasteiger partial charge < -0.3 is 14.2 Å². The Morgan fingerprint density at radius 1 is 1.14 bits per heavy atom. The summed E-state index contributed by atoms with van der Waals surface area (Å²) in [7, 11) is 3.84. The minimum Gasteiger partial charge on any atom is -0.497 e. The maximum Gasteiger partial charge on any atom is 0.210 e. The summed E-state index contributed by atoms with van der Waals surface area (Å²) in [4.78, 5) is 7.33. The maximum atomic E-state index is 6.61. The standard InChI is InChI=1S/C24H30ClN3O/c1-5-7-16(8-6-2)19-10-11-20(25)22-23(19)27(3)24(26-22)28-14-13-17-15-18(29-4)9-12-21(17)28/h9-12,15-16H,5-8,13-14H2,1-4H3. The lowest BCUT2D eigenvalue weighted by Gasteiger charge is -2.20. The van der Waals surface area contributed by atoms with Gasteiger partial charge in [-0.2, -0.15) is 0 Å². The lowest BCUT2D eigenvalue weighted by molar-refractivity contribution is 0.414. The number of ether oxygens (including phenoxy) is 1. The predicted octanol–water partition coefficient (Wildman–Crippen LogP) is 6.61. The Balaban J connectivity index is 1.83. The van der Waals surface area contributed by atoms with E-state index in [0.29, 0.717) is 5.92 Å². The van der Waals surface area contributed by atoms with Crippen molar-refractivity contribution in [1.29, 1.82) is 0 Å². The normalized spacial score (nSPS) is 13.5. The Bertz CT molecular complexity index is 1020. The topological polar surface area (TPSA) is 30.3 Å². The van der Waals surface area contributed by atoms with E-state index in [4.69, 9.17) is 21.3 Å². The van der Waals surface area contributed by atoms with Gasteiger partial charge in [0.15, 0.2) is 0 Å². The van der Waals surface area contributed by atoms with Crippen LogP contribution in [0.5, 0.6) is 5.75 Å². The zero-order valence-electron chi connectivity index (χ0n) is 17.8. The molecule has 0 N–H and O–H groups in total. The van der Waals surface area contributed by atoms with Gasteiger partial charge in [0, 0.05) is 19.3 Å². The van der Waals surface area contributed by atoms with Crippen molar-refractivity contribution >= 4 is 34.3 Å². The second kappa shape index (κ2) is 8.27. The molecule has 0 radical (unpaired) electrons. The first-order valence-corrected chi connectivity index (χ1v) is 11.1. The molecule has 0 saturated carbocycles. The molecule has 0 fully saturated rings. The molecule has 0 aliphatic carbocycles. The summed E-state index contributed by atoms with van der Waals surface area (Å²) in [5.41, 5.74) is 5.99. The average Bonchev–Trinajstić information content (AvgIpc) is 3.29. The molecule has 4 nitrogen and oxygen atoms in total. The van der Waals surface area contributed by atoms with Gasteiger partial charge in [0.25, 0.3) is 0 Å². The highest BCUT2D eigenvalue weighted by atomic mass is 35.5. The Morgan fingerprint density at radius 2 is 1.90 bits per heavy atom. The van der Waals surface area contributed by atoms with Crippen molar-refractivity contribution in [3.05, 3.63) is 46.5 Å². The molecular formula is C24H30ClN3O. The van der Waals surface area contributed by atoms with E-state index in [1.165, 1.54) is 48.0 Å². The number of methoxy groups -OCH3 is 1. The lowest BCUT2D eigenvalue weighted by Crippen LogP contribution is -2.17. The van der Waals surface area contributed by atoms with Crippen molar-refractivity contribution in [3.8, 4) is 5.75 Å². The van der Waals surface area contributed by atoms with Crippen molar-refractivity contribution in [1.82, 2.24) is 9.55 Å². The fraction of sp³-hybridized carbons (Fsp3) is 0.458. The smallest absolute Gasteiger partial charge is 0.210 e. The maximum absolute atomic E-state index is 6.61. The minimum absolute atomic E-state index is 0.545. The molecule has 29 heavy (non-hydrogen) atoms. The zero-order chi connectivity index (χ0) is 20.5. The molecule has 5 heteroatoms. The molecule has 4 rings (SSSR count). The van der Waals surface area contributed by atoms with E-state index in [-0.39, 0.29) is 0 Å². The van der Waals surface area contributed by atoms with Crippen LogP contribution in [-0.2, 0) is 13.5 Å². The molecule has 0 bridgehead atoms. The number of anilines is 2. The van der Waals surface area contributed by atoms with Gasteiger partial charge in [-0.1, -0.05) is 44.4 Å². The number of aryl methyl sites for hydroxylation is 1. The van der Waals surface area contributed by atoms with Gasteiger partial charge in [0.1, 0.15) is 11.3 Å². The van der Waals surface area contributed by atoms with E-state index in [9.17, 15) is 0 Å². The summed E-state index contributed by atoms with van der Waals surface area (Å²) in [6.07, 6.45) is 5.74. The molecule has 0 spiro atoms. The number of imidazole rings is 1. The van der Waals surface area contributed by atoms with Gasteiger partial charge >= 0.3 is 0 Å². The molecular weight excluding hydrogens is 382 g/mol. The van der Waals surface area contributed by atoms with Crippen LogP contribution in [0.3, 0.4) is 0 Å². The first-order chi connectivity index (χ1) is 14.1. The summed E-state index contributed by atoms with van der Waals surface area (Å²) in [5.74, 6) is 2.41. The summed E-state index contributed by atoms with van der Waals surface area (Å²) >= 11 is 6.61. The summed E-state index contributed by atoms with van der Waals surface area (Å²) < 4.78 is 7.64.